The van der Waals surface area contributed by atoms with Gasteiger partial charge in [-0.1, -0.05) is 41.9 Å². The van der Waals surface area contributed by atoms with E-state index in [9.17, 15) is 15.0 Å². The molecule has 0 radical (unpaired) electrons. The average Bonchev–Trinajstić information content (AvgIpc) is 3.01. The second-order valence-electron chi connectivity index (χ2n) is 6.73. The molecule has 0 spiro atoms. The lowest BCUT2D eigenvalue weighted by Gasteiger charge is -2.25. The number of carbonyl (C=O) groups is 1. The number of rotatable bonds is 2. The summed E-state index contributed by atoms with van der Waals surface area (Å²) >= 11 is 6.44. The highest BCUT2D eigenvalue weighted by atomic mass is 35.5. The maximum Gasteiger partial charge on any atom is 0.407 e. The van der Waals surface area contributed by atoms with E-state index < -0.39 is 11.7 Å². The minimum Gasteiger partial charge on any atom is -0.465 e. The molecular formula is C20H18ClNO4. The summed E-state index contributed by atoms with van der Waals surface area (Å²) in [4.78, 5) is 12.7. The lowest BCUT2D eigenvalue weighted by molar-refractivity contribution is 0.102. The first kappa shape index (κ1) is 16.9. The highest BCUT2D eigenvalue weighted by molar-refractivity contribution is 6.35. The maximum atomic E-state index is 11.3. The predicted molar refractivity (Wildman–Crippen MR) is 98.5 cm³/mol. The first-order valence-electron chi connectivity index (χ1n) is 8.38. The molecule has 1 aromatic heterocycles. The summed E-state index contributed by atoms with van der Waals surface area (Å²) < 4.78 is 5.89. The molecule has 2 aromatic carbocycles. The van der Waals surface area contributed by atoms with Gasteiger partial charge in [-0.15, -0.1) is 0 Å². The quantitative estimate of drug-likeness (QED) is 0.701. The molecule has 5 nitrogen and oxygen atoms in total. The van der Waals surface area contributed by atoms with Gasteiger partial charge in [-0.25, -0.2) is 4.79 Å². The fourth-order valence-corrected chi connectivity index (χ4v) is 3.77. The molecule has 0 fully saturated rings. The van der Waals surface area contributed by atoms with Crippen molar-refractivity contribution < 1.29 is 19.4 Å². The third kappa shape index (κ3) is 2.64. The molecule has 4 rings (SSSR count). The van der Waals surface area contributed by atoms with Crippen LogP contribution in [0.5, 0.6) is 0 Å². The number of benzene rings is 2. The fourth-order valence-electron chi connectivity index (χ4n) is 3.51. The third-order valence-electron chi connectivity index (χ3n) is 5.06. The van der Waals surface area contributed by atoms with Crippen LogP contribution in [-0.4, -0.2) is 27.8 Å². The van der Waals surface area contributed by atoms with Crippen molar-refractivity contribution in [2.75, 3.05) is 6.54 Å². The van der Waals surface area contributed by atoms with Gasteiger partial charge < -0.3 is 19.5 Å². The van der Waals surface area contributed by atoms with Crippen molar-refractivity contribution in [3.8, 4) is 0 Å². The highest BCUT2D eigenvalue weighted by Crippen LogP contribution is 2.39. The minimum absolute atomic E-state index is 0.255. The summed E-state index contributed by atoms with van der Waals surface area (Å²) in [7, 11) is 0. The zero-order valence-corrected chi connectivity index (χ0v) is 15.0. The van der Waals surface area contributed by atoms with Crippen LogP contribution < -0.4 is 0 Å². The van der Waals surface area contributed by atoms with Crippen LogP contribution in [0.3, 0.4) is 0 Å². The predicted octanol–water partition coefficient (Wildman–Crippen LogP) is 4.38. The summed E-state index contributed by atoms with van der Waals surface area (Å²) in [6.45, 7) is 2.37. The number of hydrogen-bond acceptors (Lipinski definition) is 3. The number of amides is 1. The van der Waals surface area contributed by atoms with Crippen LogP contribution in [0.15, 0.2) is 46.9 Å². The number of halogens is 1. The summed E-state index contributed by atoms with van der Waals surface area (Å²) in [6, 6.07) is 12.9. The Kier molecular flexibility index (Phi) is 3.93. The molecule has 1 unspecified atom stereocenters. The first-order valence-corrected chi connectivity index (χ1v) is 8.76. The molecule has 0 bridgehead atoms. The van der Waals surface area contributed by atoms with Crippen LogP contribution in [0.2, 0.25) is 5.02 Å². The molecule has 2 heterocycles. The molecule has 1 aliphatic rings. The summed E-state index contributed by atoms with van der Waals surface area (Å²) in [6.07, 6.45) is -0.444. The molecule has 1 amide bonds. The normalized spacial score (nSPS) is 16.3. The van der Waals surface area contributed by atoms with Crippen molar-refractivity contribution in [3.63, 3.8) is 0 Å². The summed E-state index contributed by atoms with van der Waals surface area (Å²) in [5.41, 5.74) is 1.51. The number of nitrogens with zero attached hydrogens (tertiary/aromatic N) is 1. The second kappa shape index (κ2) is 6.04. The van der Waals surface area contributed by atoms with Gasteiger partial charge in [0.25, 0.3) is 0 Å². The molecule has 0 saturated carbocycles. The van der Waals surface area contributed by atoms with Gasteiger partial charge in [-0.05, 0) is 30.2 Å². The fraction of sp³-hybridized carbons (Fsp3) is 0.250. The van der Waals surface area contributed by atoms with Crippen LogP contribution in [0.4, 0.5) is 4.79 Å². The first-order chi connectivity index (χ1) is 12.4. The number of hydrogen-bond donors (Lipinski definition) is 2. The van der Waals surface area contributed by atoms with Crippen molar-refractivity contribution >= 4 is 28.7 Å². The summed E-state index contributed by atoms with van der Waals surface area (Å²) in [5.74, 6) is 0.760. The van der Waals surface area contributed by atoms with E-state index in [0.29, 0.717) is 29.1 Å². The smallest absolute Gasteiger partial charge is 0.407 e. The Bertz CT molecular complexity index is 994. The monoisotopic (exact) mass is 371 g/mol. The molecule has 3 aromatic rings. The van der Waals surface area contributed by atoms with Crippen molar-refractivity contribution in [1.82, 2.24) is 4.90 Å². The molecule has 6 heteroatoms. The Balaban J connectivity index is 1.86. The van der Waals surface area contributed by atoms with Crippen LogP contribution >= 0.6 is 11.6 Å². The van der Waals surface area contributed by atoms with E-state index in [0.717, 1.165) is 22.3 Å². The van der Waals surface area contributed by atoms with E-state index in [2.05, 4.69) is 0 Å². The number of aliphatic hydroxyl groups is 1. The molecular weight excluding hydrogens is 354 g/mol. The van der Waals surface area contributed by atoms with Crippen molar-refractivity contribution in [2.24, 2.45) is 0 Å². The van der Waals surface area contributed by atoms with Crippen LogP contribution in [0, 0.1) is 0 Å². The topological polar surface area (TPSA) is 73.9 Å². The largest absolute Gasteiger partial charge is 0.465 e. The Labute approximate surface area is 155 Å². The van der Waals surface area contributed by atoms with Gasteiger partial charge in [0.1, 0.15) is 11.4 Å². The van der Waals surface area contributed by atoms with E-state index in [1.165, 1.54) is 4.90 Å². The Morgan fingerprint density at radius 1 is 1.23 bits per heavy atom. The molecule has 0 saturated heterocycles. The van der Waals surface area contributed by atoms with Crippen molar-refractivity contribution in [1.29, 1.82) is 0 Å². The van der Waals surface area contributed by atoms with E-state index in [1.54, 1.807) is 13.0 Å². The number of fused-ring (bicyclic) bond motifs is 3. The molecule has 0 aliphatic carbocycles. The highest BCUT2D eigenvalue weighted by Gasteiger charge is 2.30. The molecule has 2 N–H and O–H groups in total. The Morgan fingerprint density at radius 2 is 1.96 bits per heavy atom. The van der Waals surface area contributed by atoms with Crippen molar-refractivity contribution in [2.45, 2.75) is 25.5 Å². The zero-order valence-electron chi connectivity index (χ0n) is 14.2. The standard InChI is InChI=1S/C20H18ClNO4/c1-20(25,12-5-3-2-4-6-12)13-9-14-15-11-22(19(23)24)8-7-17(15)26-18(14)16(21)10-13/h2-6,9-10,25H,7-8,11H2,1H3,(H,23,24). The van der Waals surface area contributed by atoms with Crippen molar-refractivity contribution in [3.05, 3.63) is 69.9 Å². The van der Waals surface area contributed by atoms with E-state index in [4.69, 9.17) is 16.0 Å². The van der Waals surface area contributed by atoms with E-state index >= 15 is 0 Å². The minimum atomic E-state index is -1.23. The van der Waals surface area contributed by atoms with Crippen LogP contribution in [0.25, 0.3) is 11.0 Å². The molecule has 26 heavy (non-hydrogen) atoms. The van der Waals surface area contributed by atoms with Gasteiger partial charge >= 0.3 is 6.09 Å². The van der Waals surface area contributed by atoms with Gasteiger partial charge in [0.05, 0.1) is 11.6 Å². The van der Waals surface area contributed by atoms with Crippen LogP contribution in [0.1, 0.15) is 29.4 Å². The summed E-state index contributed by atoms with van der Waals surface area (Å²) in [5, 5.41) is 21.6. The van der Waals surface area contributed by atoms with E-state index in [1.807, 2.05) is 36.4 Å². The average molecular weight is 372 g/mol. The second-order valence-corrected chi connectivity index (χ2v) is 7.14. The molecule has 134 valence electrons. The third-order valence-corrected chi connectivity index (χ3v) is 5.34. The molecule has 1 aliphatic heterocycles. The number of furan rings is 1. The molecule has 1 atom stereocenters. The Hall–Kier alpha value is -2.50. The lowest BCUT2D eigenvalue weighted by atomic mass is 9.87. The number of carboxylic acid groups (broad SMARTS) is 1. The maximum absolute atomic E-state index is 11.3. The zero-order chi connectivity index (χ0) is 18.5. The van der Waals surface area contributed by atoms with Gasteiger partial charge in [0.15, 0.2) is 5.58 Å². The van der Waals surface area contributed by atoms with Gasteiger partial charge in [-0.3, -0.25) is 0 Å². The lowest BCUT2D eigenvalue weighted by Crippen LogP contribution is -2.34. The Morgan fingerprint density at radius 3 is 2.65 bits per heavy atom. The van der Waals surface area contributed by atoms with Gasteiger partial charge in [0.2, 0.25) is 0 Å². The van der Waals surface area contributed by atoms with E-state index in [-0.39, 0.29) is 6.54 Å². The SMILES string of the molecule is CC(O)(c1ccccc1)c1cc(Cl)c2oc3c(c2c1)CN(C(=O)O)CC3. The van der Waals surface area contributed by atoms with Crippen LogP contribution in [-0.2, 0) is 18.6 Å². The van der Waals surface area contributed by atoms with Gasteiger partial charge in [0, 0.05) is 23.9 Å². The van der Waals surface area contributed by atoms with Gasteiger partial charge in [-0.2, -0.15) is 0 Å².